The van der Waals surface area contributed by atoms with Crippen molar-refractivity contribution in [1.29, 1.82) is 0 Å². The molecule has 0 bridgehead atoms. The maximum atomic E-state index is 14.0. The predicted octanol–water partition coefficient (Wildman–Crippen LogP) is 1.55. The number of hydrogen-bond acceptors (Lipinski definition) is 5. The average Bonchev–Trinajstić information content (AvgIpc) is 2.78. The van der Waals surface area contributed by atoms with Crippen molar-refractivity contribution in [1.82, 2.24) is 20.2 Å². The van der Waals surface area contributed by atoms with Crippen molar-refractivity contribution in [2.75, 3.05) is 12.3 Å². The molecule has 2 rings (SSSR count). The highest BCUT2D eigenvalue weighted by molar-refractivity contribution is 7.99. The quantitative estimate of drug-likeness (QED) is 0.832. The Morgan fingerprint density at radius 3 is 3.00 bits per heavy atom. The summed E-state index contributed by atoms with van der Waals surface area (Å²) in [6.45, 7) is 2.89. The second-order valence-corrected chi connectivity index (χ2v) is 4.87. The van der Waals surface area contributed by atoms with Crippen molar-refractivity contribution in [2.45, 2.75) is 18.4 Å². The normalized spacial score (nSPS) is 10.8. The molecule has 0 fully saturated rings. The van der Waals surface area contributed by atoms with Gasteiger partial charge in [0, 0.05) is 11.4 Å². The lowest BCUT2D eigenvalue weighted by atomic mass is 10.2. The van der Waals surface area contributed by atoms with E-state index in [0.29, 0.717) is 24.5 Å². The standard InChI is InChI=1S/C11H14FN5S/c1-2-18-9-5-3-4-8(12)10(9)11-14-15-16-17(11)7-6-13/h3-5H,2,6-7,13H2,1H3. The van der Waals surface area contributed by atoms with Gasteiger partial charge >= 0.3 is 0 Å². The third kappa shape index (κ3) is 2.51. The number of rotatable bonds is 5. The Balaban J connectivity index is 2.51. The van der Waals surface area contributed by atoms with Gasteiger partial charge < -0.3 is 5.73 Å². The Kier molecular flexibility index (Phi) is 4.27. The monoisotopic (exact) mass is 267 g/mol. The van der Waals surface area contributed by atoms with E-state index in [1.807, 2.05) is 13.0 Å². The smallest absolute Gasteiger partial charge is 0.186 e. The van der Waals surface area contributed by atoms with Gasteiger partial charge in [-0.05, 0) is 28.3 Å². The van der Waals surface area contributed by atoms with Crippen LogP contribution in [0.5, 0.6) is 0 Å². The summed E-state index contributed by atoms with van der Waals surface area (Å²) >= 11 is 1.56. The van der Waals surface area contributed by atoms with Gasteiger partial charge in [0.05, 0.1) is 12.1 Å². The van der Waals surface area contributed by atoms with Gasteiger partial charge in [-0.1, -0.05) is 13.0 Å². The second kappa shape index (κ2) is 5.92. The Morgan fingerprint density at radius 1 is 1.44 bits per heavy atom. The van der Waals surface area contributed by atoms with E-state index < -0.39 is 0 Å². The molecule has 0 radical (unpaired) electrons. The Bertz CT molecular complexity index is 528. The fourth-order valence-corrected chi connectivity index (χ4v) is 2.47. The Labute approximate surface area is 109 Å². The van der Waals surface area contributed by atoms with E-state index >= 15 is 0 Å². The number of aromatic nitrogens is 4. The summed E-state index contributed by atoms with van der Waals surface area (Å²) in [7, 11) is 0. The van der Waals surface area contributed by atoms with E-state index in [4.69, 9.17) is 5.73 Å². The van der Waals surface area contributed by atoms with Crippen molar-refractivity contribution in [3.8, 4) is 11.4 Å². The van der Waals surface area contributed by atoms with Gasteiger partial charge in [-0.25, -0.2) is 9.07 Å². The van der Waals surface area contributed by atoms with E-state index in [-0.39, 0.29) is 5.82 Å². The third-order valence-electron chi connectivity index (χ3n) is 2.37. The minimum atomic E-state index is -0.318. The molecule has 2 N–H and O–H groups in total. The first-order valence-corrected chi connectivity index (χ1v) is 6.64. The first kappa shape index (κ1) is 13.0. The minimum Gasteiger partial charge on any atom is -0.329 e. The van der Waals surface area contributed by atoms with E-state index in [1.165, 1.54) is 10.7 Å². The van der Waals surface area contributed by atoms with Crippen molar-refractivity contribution in [3.05, 3.63) is 24.0 Å². The van der Waals surface area contributed by atoms with Crippen LogP contribution in [0.2, 0.25) is 0 Å². The summed E-state index contributed by atoms with van der Waals surface area (Å²) in [5.74, 6) is 0.963. The number of nitrogens with zero attached hydrogens (tertiary/aromatic N) is 4. The van der Waals surface area contributed by atoms with Crippen LogP contribution >= 0.6 is 11.8 Å². The third-order valence-corrected chi connectivity index (χ3v) is 3.31. The van der Waals surface area contributed by atoms with Crippen molar-refractivity contribution < 1.29 is 4.39 Å². The molecule has 96 valence electrons. The largest absolute Gasteiger partial charge is 0.329 e. The van der Waals surface area contributed by atoms with Crippen LogP contribution in [-0.2, 0) is 6.54 Å². The van der Waals surface area contributed by atoms with E-state index in [1.54, 1.807) is 17.8 Å². The van der Waals surface area contributed by atoms with Gasteiger partial charge in [-0.2, -0.15) is 0 Å². The molecule has 0 saturated carbocycles. The van der Waals surface area contributed by atoms with Gasteiger partial charge in [0.2, 0.25) is 0 Å². The number of thioether (sulfide) groups is 1. The maximum absolute atomic E-state index is 14.0. The van der Waals surface area contributed by atoms with E-state index in [2.05, 4.69) is 15.5 Å². The molecule has 0 atom stereocenters. The SMILES string of the molecule is CCSc1cccc(F)c1-c1nnnn1CCN. The fourth-order valence-electron chi connectivity index (χ4n) is 1.65. The lowest BCUT2D eigenvalue weighted by Crippen LogP contribution is -2.13. The van der Waals surface area contributed by atoms with Crippen LogP contribution in [0.3, 0.4) is 0 Å². The molecule has 0 amide bonds. The van der Waals surface area contributed by atoms with Crippen LogP contribution in [0.4, 0.5) is 4.39 Å². The first-order chi connectivity index (χ1) is 8.77. The predicted molar refractivity (Wildman–Crippen MR) is 68.7 cm³/mol. The molecule has 0 saturated heterocycles. The molecular weight excluding hydrogens is 253 g/mol. The zero-order valence-electron chi connectivity index (χ0n) is 10.0. The van der Waals surface area contributed by atoms with Crippen LogP contribution in [-0.4, -0.2) is 32.5 Å². The van der Waals surface area contributed by atoms with Crippen LogP contribution in [0.15, 0.2) is 23.1 Å². The number of hydrogen-bond donors (Lipinski definition) is 1. The molecule has 2 aromatic rings. The lowest BCUT2D eigenvalue weighted by molar-refractivity contribution is 0.593. The fraction of sp³-hybridized carbons (Fsp3) is 0.364. The zero-order valence-corrected chi connectivity index (χ0v) is 10.8. The van der Waals surface area contributed by atoms with Crippen LogP contribution in [0, 0.1) is 5.82 Å². The highest BCUT2D eigenvalue weighted by atomic mass is 32.2. The van der Waals surface area contributed by atoms with Gasteiger partial charge in [0.25, 0.3) is 0 Å². The maximum Gasteiger partial charge on any atom is 0.186 e. The van der Waals surface area contributed by atoms with Crippen LogP contribution in [0.1, 0.15) is 6.92 Å². The van der Waals surface area contributed by atoms with Gasteiger partial charge in [0.1, 0.15) is 5.82 Å². The molecule has 0 aliphatic carbocycles. The number of tetrazole rings is 1. The van der Waals surface area contributed by atoms with Gasteiger partial charge in [0.15, 0.2) is 5.82 Å². The molecule has 1 heterocycles. The molecule has 0 spiro atoms. The van der Waals surface area contributed by atoms with Crippen molar-refractivity contribution in [3.63, 3.8) is 0 Å². The number of nitrogens with two attached hydrogens (primary N) is 1. The highest BCUT2D eigenvalue weighted by Gasteiger charge is 2.17. The first-order valence-electron chi connectivity index (χ1n) is 5.65. The molecule has 18 heavy (non-hydrogen) atoms. The average molecular weight is 267 g/mol. The van der Waals surface area contributed by atoms with Crippen LogP contribution in [0.25, 0.3) is 11.4 Å². The summed E-state index contributed by atoms with van der Waals surface area (Å²) in [6.07, 6.45) is 0. The summed E-state index contributed by atoms with van der Waals surface area (Å²) in [4.78, 5) is 0.838. The Hall–Kier alpha value is -1.47. The molecular formula is C11H14FN5S. The molecule has 1 aromatic heterocycles. The number of halogens is 1. The number of benzene rings is 1. The summed E-state index contributed by atoms with van der Waals surface area (Å²) < 4.78 is 15.5. The van der Waals surface area contributed by atoms with E-state index in [0.717, 1.165) is 10.6 Å². The molecule has 7 heteroatoms. The van der Waals surface area contributed by atoms with Crippen LogP contribution < -0.4 is 5.73 Å². The van der Waals surface area contributed by atoms with Gasteiger partial charge in [-0.3, -0.25) is 0 Å². The molecule has 0 aliphatic rings. The summed E-state index contributed by atoms with van der Waals surface area (Å²) in [6, 6.07) is 4.97. The molecule has 5 nitrogen and oxygen atoms in total. The zero-order chi connectivity index (χ0) is 13.0. The summed E-state index contributed by atoms with van der Waals surface area (Å²) in [5, 5.41) is 11.3. The molecule has 0 aliphatic heterocycles. The topological polar surface area (TPSA) is 69.6 Å². The minimum absolute atomic E-state index is 0.318. The van der Waals surface area contributed by atoms with Crippen molar-refractivity contribution in [2.24, 2.45) is 5.73 Å². The van der Waals surface area contributed by atoms with Crippen molar-refractivity contribution >= 4 is 11.8 Å². The lowest BCUT2D eigenvalue weighted by Gasteiger charge is -2.09. The Morgan fingerprint density at radius 2 is 2.28 bits per heavy atom. The summed E-state index contributed by atoms with van der Waals surface area (Å²) in [5.41, 5.74) is 5.93. The second-order valence-electron chi connectivity index (χ2n) is 3.56. The van der Waals surface area contributed by atoms with Gasteiger partial charge in [-0.15, -0.1) is 16.9 Å². The highest BCUT2D eigenvalue weighted by Crippen LogP contribution is 2.31. The van der Waals surface area contributed by atoms with E-state index in [9.17, 15) is 4.39 Å². The molecule has 1 aromatic carbocycles. The molecule has 0 unspecified atom stereocenters.